The lowest BCUT2D eigenvalue weighted by Crippen LogP contribution is -2.23. The van der Waals surface area contributed by atoms with Crippen molar-refractivity contribution in [3.8, 4) is 0 Å². The first-order chi connectivity index (χ1) is 9.89. The van der Waals surface area contributed by atoms with Gasteiger partial charge in [-0.2, -0.15) is 0 Å². The van der Waals surface area contributed by atoms with Crippen molar-refractivity contribution in [1.82, 2.24) is 9.62 Å². The summed E-state index contributed by atoms with van der Waals surface area (Å²) in [6, 6.07) is 6.78. The van der Waals surface area contributed by atoms with Crippen molar-refractivity contribution >= 4 is 21.6 Å². The summed E-state index contributed by atoms with van der Waals surface area (Å²) in [4.78, 5) is 11.9. The first kappa shape index (κ1) is 15.9. The first-order valence-electron chi connectivity index (χ1n) is 6.95. The number of nitrogens with zero attached hydrogens (tertiary/aromatic N) is 1. The zero-order chi connectivity index (χ0) is 15.5. The second-order valence-corrected chi connectivity index (χ2v) is 7.49. The number of sulfonamides is 1. The molecular weight excluding hydrogens is 290 g/mol. The molecular formula is C14H21N3O3S. The highest BCUT2D eigenvalue weighted by Crippen LogP contribution is 2.18. The number of carbonyl (C=O) groups is 1. The van der Waals surface area contributed by atoms with E-state index in [9.17, 15) is 13.2 Å². The lowest BCUT2D eigenvalue weighted by atomic mass is 10.3. The maximum Gasteiger partial charge on any atom is 0.242 e. The summed E-state index contributed by atoms with van der Waals surface area (Å²) < 4.78 is 25.0. The maximum atomic E-state index is 11.9. The Labute approximate surface area is 125 Å². The highest BCUT2D eigenvalue weighted by molar-refractivity contribution is 7.89. The van der Waals surface area contributed by atoms with Crippen molar-refractivity contribution in [2.75, 3.05) is 26.0 Å². The number of hydrogen-bond acceptors (Lipinski definition) is 4. The molecule has 0 atom stereocenters. The zero-order valence-electron chi connectivity index (χ0n) is 12.3. The van der Waals surface area contributed by atoms with Gasteiger partial charge in [0, 0.05) is 38.8 Å². The molecule has 0 aliphatic heterocycles. The van der Waals surface area contributed by atoms with Gasteiger partial charge in [-0.25, -0.2) is 12.7 Å². The van der Waals surface area contributed by atoms with E-state index < -0.39 is 10.0 Å². The van der Waals surface area contributed by atoms with Gasteiger partial charge in [0.25, 0.3) is 0 Å². The van der Waals surface area contributed by atoms with Crippen LogP contribution in [-0.4, -0.2) is 45.3 Å². The lowest BCUT2D eigenvalue weighted by molar-refractivity contribution is -0.116. The summed E-state index contributed by atoms with van der Waals surface area (Å²) in [5.41, 5.74) is 0.601. The Balaban J connectivity index is 1.88. The van der Waals surface area contributed by atoms with Gasteiger partial charge in [0.1, 0.15) is 0 Å². The van der Waals surface area contributed by atoms with E-state index in [1.807, 2.05) is 0 Å². The van der Waals surface area contributed by atoms with Gasteiger partial charge in [0.15, 0.2) is 0 Å². The summed E-state index contributed by atoms with van der Waals surface area (Å²) in [6.07, 6.45) is 2.81. The molecule has 1 aromatic rings. The van der Waals surface area contributed by atoms with Gasteiger partial charge in [0.2, 0.25) is 15.9 Å². The average molecular weight is 311 g/mol. The first-order valence-corrected chi connectivity index (χ1v) is 8.39. The summed E-state index contributed by atoms with van der Waals surface area (Å²) in [5, 5.41) is 6.03. The summed E-state index contributed by atoms with van der Waals surface area (Å²) in [6.45, 7) is 0.670. The van der Waals surface area contributed by atoms with E-state index in [1.165, 1.54) is 39.1 Å². The Morgan fingerprint density at radius 1 is 1.24 bits per heavy atom. The van der Waals surface area contributed by atoms with Crippen LogP contribution in [0.1, 0.15) is 19.3 Å². The quantitative estimate of drug-likeness (QED) is 0.788. The molecule has 0 spiro atoms. The van der Waals surface area contributed by atoms with Crippen LogP contribution in [0.5, 0.6) is 0 Å². The molecule has 1 saturated carbocycles. The number of carbonyl (C=O) groups excluding carboxylic acids is 1. The molecule has 0 heterocycles. The molecule has 0 unspecified atom stereocenters. The minimum absolute atomic E-state index is 0.0774. The number of anilines is 1. The molecule has 0 saturated heterocycles. The van der Waals surface area contributed by atoms with Crippen molar-refractivity contribution in [3.63, 3.8) is 0 Å². The van der Waals surface area contributed by atoms with Gasteiger partial charge in [-0.1, -0.05) is 0 Å². The van der Waals surface area contributed by atoms with Gasteiger partial charge < -0.3 is 10.6 Å². The number of rotatable bonds is 7. The predicted molar refractivity (Wildman–Crippen MR) is 81.6 cm³/mol. The highest BCUT2D eigenvalue weighted by atomic mass is 32.2. The number of amides is 1. The van der Waals surface area contributed by atoms with Crippen LogP contribution in [0.25, 0.3) is 0 Å². The molecule has 1 aliphatic rings. The van der Waals surface area contributed by atoms with Crippen LogP contribution in [0.2, 0.25) is 0 Å². The van der Waals surface area contributed by atoms with Crippen molar-refractivity contribution in [1.29, 1.82) is 0 Å². The van der Waals surface area contributed by atoms with E-state index in [1.54, 1.807) is 12.1 Å². The number of nitrogens with one attached hydrogen (secondary N) is 2. The van der Waals surface area contributed by atoms with Crippen molar-refractivity contribution in [2.24, 2.45) is 0 Å². The van der Waals surface area contributed by atoms with Gasteiger partial charge in [-0.05, 0) is 37.1 Å². The van der Waals surface area contributed by atoms with Gasteiger partial charge >= 0.3 is 0 Å². The minimum atomic E-state index is -3.43. The Kier molecular flexibility index (Phi) is 4.97. The fraction of sp³-hybridized carbons (Fsp3) is 0.500. The summed E-state index contributed by atoms with van der Waals surface area (Å²) in [5.74, 6) is -0.0774. The predicted octanol–water partition coefficient (Wildman–Crippen LogP) is 1.02. The Bertz CT molecular complexity index is 592. The SMILES string of the molecule is CN(C)S(=O)(=O)c1ccc(NC(=O)CCNC2CC2)cc1. The molecule has 0 radical (unpaired) electrons. The summed E-state index contributed by atoms with van der Waals surface area (Å²) >= 11 is 0. The van der Waals surface area contributed by atoms with Crippen LogP contribution in [0.3, 0.4) is 0 Å². The molecule has 116 valence electrons. The average Bonchev–Trinajstić information content (AvgIpc) is 3.23. The molecule has 2 rings (SSSR count). The largest absolute Gasteiger partial charge is 0.326 e. The van der Waals surface area contributed by atoms with Crippen LogP contribution in [0.4, 0.5) is 5.69 Å². The molecule has 0 bridgehead atoms. The Morgan fingerprint density at radius 3 is 2.38 bits per heavy atom. The van der Waals surface area contributed by atoms with Gasteiger partial charge in [-0.3, -0.25) is 4.79 Å². The zero-order valence-corrected chi connectivity index (χ0v) is 13.1. The van der Waals surface area contributed by atoms with E-state index >= 15 is 0 Å². The third-order valence-corrected chi connectivity index (χ3v) is 5.11. The van der Waals surface area contributed by atoms with E-state index in [0.717, 1.165) is 4.31 Å². The standard InChI is InChI=1S/C14H21N3O3S/c1-17(2)21(19,20)13-7-5-12(6-8-13)16-14(18)9-10-15-11-3-4-11/h5-8,11,15H,3-4,9-10H2,1-2H3,(H,16,18). The Morgan fingerprint density at radius 2 is 1.86 bits per heavy atom. The van der Waals surface area contributed by atoms with Crippen LogP contribution in [0, 0.1) is 0 Å². The van der Waals surface area contributed by atoms with E-state index in [-0.39, 0.29) is 10.8 Å². The molecule has 7 heteroatoms. The molecule has 1 amide bonds. The number of hydrogen-bond donors (Lipinski definition) is 2. The Hall–Kier alpha value is -1.44. The molecule has 21 heavy (non-hydrogen) atoms. The van der Waals surface area contributed by atoms with Crippen LogP contribution >= 0.6 is 0 Å². The molecule has 6 nitrogen and oxygen atoms in total. The molecule has 1 fully saturated rings. The monoisotopic (exact) mass is 311 g/mol. The molecule has 0 aromatic heterocycles. The second-order valence-electron chi connectivity index (χ2n) is 5.34. The molecule has 1 aromatic carbocycles. The fourth-order valence-corrected chi connectivity index (χ4v) is 2.72. The van der Waals surface area contributed by atoms with E-state index in [2.05, 4.69) is 10.6 Å². The minimum Gasteiger partial charge on any atom is -0.326 e. The summed E-state index contributed by atoms with van der Waals surface area (Å²) in [7, 11) is -0.460. The topological polar surface area (TPSA) is 78.5 Å². The highest BCUT2D eigenvalue weighted by Gasteiger charge is 2.20. The number of benzene rings is 1. The third kappa shape index (κ3) is 4.52. The molecule has 2 N–H and O–H groups in total. The van der Waals surface area contributed by atoms with Crippen LogP contribution in [-0.2, 0) is 14.8 Å². The van der Waals surface area contributed by atoms with Crippen molar-refractivity contribution in [2.45, 2.75) is 30.2 Å². The van der Waals surface area contributed by atoms with Crippen LogP contribution in [0.15, 0.2) is 29.2 Å². The van der Waals surface area contributed by atoms with Crippen molar-refractivity contribution < 1.29 is 13.2 Å². The van der Waals surface area contributed by atoms with Gasteiger partial charge in [0.05, 0.1) is 4.90 Å². The lowest BCUT2D eigenvalue weighted by Gasteiger charge is -2.12. The van der Waals surface area contributed by atoms with Crippen molar-refractivity contribution in [3.05, 3.63) is 24.3 Å². The van der Waals surface area contributed by atoms with Gasteiger partial charge in [-0.15, -0.1) is 0 Å². The second kappa shape index (κ2) is 6.55. The maximum absolute atomic E-state index is 11.9. The molecule has 1 aliphatic carbocycles. The fourth-order valence-electron chi connectivity index (χ4n) is 1.82. The van der Waals surface area contributed by atoms with Crippen LogP contribution < -0.4 is 10.6 Å². The van der Waals surface area contributed by atoms with E-state index in [4.69, 9.17) is 0 Å². The smallest absolute Gasteiger partial charge is 0.242 e. The normalized spacial score (nSPS) is 15.2. The van der Waals surface area contributed by atoms with E-state index in [0.29, 0.717) is 24.7 Å². The third-order valence-electron chi connectivity index (χ3n) is 3.28.